The predicted octanol–water partition coefficient (Wildman–Crippen LogP) is 4.47. The van der Waals surface area contributed by atoms with Gasteiger partial charge in [-0.2, -0.15) is 5.10 Å². The molecule has 4 heterocycles. The van der Waals surface area contributed by atoms with Crippen LogP contribution in [0.4, 0.5) is 16.4 Å². The molecule has 1 fully saturated rings. The largest absolute Gasteiger partial charge is 0.335 e. The average Bonchev–Trinajstić information content (AvgIpc) is 3.11. The van der Waals surface area contributed by atoms with E-state index in [1.807, 2.05) is 48.4 Å². The third-order valence-electron chi connectivity index (χ3n) is 6.54. The van der Waals surface area contributed by atoms with Crippen molar-refractivity contribution >= 4 is 39.2 Å². The first-order valence-corrected chi connectivity index (χ1v) is 11.6. The number of thiophene rings is 1. The third-order valence-corrected chi connectivity index (χ3v) is 7.36. The quantitative estimate of drug-likeness (QED) is 0.430. The van der Waals surface area contributed by atoms with Gasteiger partial charge in [0.15, 0.2) is 5.82 Å². The summed E-state index contributed by atoms with van der Waals surface area (Å²) in [6, 6.07) is 12.5. The van der Waals surface area contributed by atoms with Crippen LogP contribution in [0.5, 0.6) is 0 Å². The van der Waals surface area contributed by atoms with E-state index in [9.17, 15) is 4.79 Å². The minimum absolute atomic E-state index is 0.0451. The van der Waals surface area contributed by atoms with E-state index in [0.717, 1.165) is 33.7 Å². The van der Waals surface area contributed by atoms with Gasteiger partial charge in [0, 0.05) is 17.5 Å². The molecule has 0 saturated heterocycles. The third kappa shape index (κ3) is 3.03. The number of carbonyl (C=O) groups excluding carboxylic acids is 1. The molecule has 2 amide bonds. The van der Waals surface area contributed by atoms with Gasteiger partial charge in [0.05, 0.1) is 23.2 Å². The Labute approximate surface area is 189 Å². The zero-order valence-electron chi connectivity index (χ0n) is 17.8. The van der Waals surface area contributed by atoms with Crippen LogP contribution in [0, 0.1) is 0 Å². The maximum atomic E-state index is 13.2. The molecule has 6 rings (SSSR count). The Bertz CT molecular complexity index is 1310. The van der Waals surface area contributed by atoms with E-state index < -0.39 is 5.54 Å². The van der Waals surface area contributed by atoms with Crippen molar-refractivity contribution in [2.75, 3.05) is 5.32 Å². The number of hydrogen-bond acceptors (Lipinski definition) is 6. The van der Waals surface area contributed by atoms with Crippen molar-refractivity contribution < 1.29 is 4.79 Å². The lowest BCUT2D eigenvalue weighted by atomic mass is 10.0. The SMILES string of the molecule is CC1(C)c2[nH]nc(Nc3ncnc4sccc34)c2CN1C(=O)N[C@@H]1C[C@H]1c1ccccc1. The van der Waals surface area contributed by atoms with E-state index in [4.69, 9.17) is 0 Å². The van der Waals surface area contributed by atoms with Crippen LogP contribution in [-0.4, -0.2) is 37.1 Å². The summed E-state index contributed by atoms with van der Waals surface area (Å²) in [6.07, 6.45) is 2.53. The molecule has 0 spiro atoms. The van der Waals surface area contributed by atoms with Crippen molar-refractivity contribution in [3.8, 4) is 0 Å². The number of fused-ring (bicyclic) bond motifs is 2. The molecule has 1 aliphatic heterocycles. The predicted molar refractivity (Wildman–Crippen MR) is 124 cm³/mol. The number of amides is 2. The molecule has 3 aromatic heterocycles. The first-order chi connectivity index (χ1) is 15.5. The van der Waals surface area contributed by atoms with Crippen molar-refractivity contribution in [1.82, 2.24) is 30.4 Å². The van der Waals surface area contributed by atoms with Gasteiger partial charge in [-0.25, -0.2) is 14.8 Å². The molecule has 1 aromatic carbocycles. The van der Waals surface area contributed by atoms with Crippen molar-refractivity contribution in [1.29, 1.82) is 0 Å². The molecule has 1 saturated carbocycles. The number of benzene rings is 1. The molecule has 9 heteroatoms. The highest BCUT2D eigenvalue weighted by atomic mass is 32.1. The molecular weight excluding hydrogens is 422 g/mol. The van der Waals surface area contributed by atoms with Crippen LogP contribution >= 0.6 is 11.3 Å². The highest BCUT2D eigenvalue weighted by Crippen LogP contribution is 2.44. The first-order valence-electron chi connectivity index (χ1n) is 10.7. The number of carbonyl (C=O) groups is 1. The van der Waals surface area contributed by atoms with Crippen LogP contribution in [0.25, 0.3) is 10.2 Å². The van der Waals surface area contributed by atoms with Gasteiger partial charge < -0.3 is 15.5 Å². The van der Waals surface area contributed by atoms with E-state index in [1.165, 1.54) is 5.56 Å². The van der Waals surface area contributed by atoms with Gasteiger partial charge in [-0.05, 0) is 37.3 Å². The Hall–Kier alpha value is -3.46. The Kier molecular flexibility index (Phi) is 4.23. The molecule has 0 radical (unpaired) electrons. The summed E-state index contributed by atoms with van der Waals surface area (Å²) in [7, 11) is 0. The Morgan fingerprint density at radius 2 is 2.03 bits per heavy atom. The molecule has 0 unspecified atom stereocenters. The summed E-state index contributed by atoms with van der Waals surface area (Å²) in [4.78, 5) is 24.7. The number of H-pyrrole nitrogens is 1. The van der Waals surface area contributed by atoms with Crippen LogP contribution in [-0.2, 0) is 12.1 Å². The van der Waals surface area contributed by atoms with Crippen molar-refractivity contribution in [3.05, 3.63) is 64.9 Å². The van der Waals surface area contributed by atoms with Crippen LogP contribution in [0.3, 0.4) is 0 Å². The molecular formula is C23H23N7OS. The number of nitrogens with one attached hydrogen (secondary N) is 3. The zero-order valence-corrected chi connectivity index (χ0v) is 18.6. The lowest BCUT2D eigenvalue weighted by Gasteiger charge is -2.32. The number of anilines is 2. The summed E-state index contributed by atoms with van der Waals surface area (Å²) in [6.45, 7) is 4.57. The average molecular weight is 446 g/mol. The van der Waals surface area contributed by atoms with Gasteiger partial charge in [-0.15, -0.1) is 11.3 Å². The minimum atomic E-state index is -0.493. The van der Waals surface area contributed by atoms with E-state index in [1.54, 1.807) is 17.7 Å². The highest BCUT2D eigenvalue weighted by Gasteiger charge is 2.46. The van der Waals surface area contributed by atoms with Gasteiger partial charge in [-0.3, -0.25) is 5.10 Å². The van der Waals surface area contributed by atoms with Gasteiger partial charge in [0.2, 0.25) is 0 Å². The number of nitrogens with zero attached hydrogens (tertiary/aromatic N) is 4. The van der Waals surface area contributed by atoms with Crippen LogP contribution < -0.4 is 10.6 Å². The van der Waals surface area contributed by atoms with Crippen molar-refractivity contribution in [2.45, 2.75) is 44.3 Å². The lowest BCUT2D eigenvalue weighted by molar-refractivity contribution is 0.142. The number of rotatable bonds is 4. The molecule has 4 aromatic rings. The summed E-state index contributed by atoms with van der Waals surface area (Å²) in [5.74, 6) is 1.81. The van der Waals surface area contributed by atoms with Gasteiger partial charge in [-0.1, -0.05) is 30.3 Å². The van der Waals surface area contributed by atoms with Crippen LogP contribution in [0.2, 0.25) is 0 Å². The molecule has 8 nitrogen and oxygen atoms in total. The van der Waals surface area contributed by atoms with E-state index >= 15 is 0 Å². The highest BCUT2D eigenvalue weighted by molar-refractivity contribution is 7.16. The van der Waals surface area contributed by atoms with Gasteiger partial charge >= 0.3 is 6.03 Å². The van der Waals surface area contributed by atoms with Gasteiger partial charge in [0.25, 0.3) is 0 Å². The molecule has 2 atom stereocenters. The molecule has 1 aliphatic carbocycles. The zero-order chi connectivity index (χ0) is 21.9. The number of hydrogen-bond donors (Lipinski definition) is 3. The summed E-state index contributed by atoms with van der Waals surface area (Å²) >= 11 is 1.57. The van der Waals surface area contributed by atoms with Crippen molar-refractivity contribution in [2.24, 2.45) is 0 Å². The summed E-state index contributed by atoms with van der Waals surface area (Å²) in [5, 5.41) is 17.2. The second kappa shape index (κ2) is 7.03. The topological polar surface area (TPSA) is 98.8 Å². The van der Waals surface area contributed by atoms with E-state index in [2.05, 4.69) is 42.9 Å². The Morgan fingerprint density at radius 3 is 2.88 bits per heavy atom. The fraction of sp³-hybridized carbons (Fsp3) is 0.304. The monoisotopic (exact) mass is 445 g/mol. The first kappa shape index (κ1) is 19.2. The maximum Gasteiger partial charge on any atom is 0.318 e. The smallest absolute Gasteiger partial charge is 0.318 e. The molecule has 0 bridgehead atoms. The van der Waals surface area contributed by atoms with Gasteiger partial charge in [0.1, 0.15) is 17.0 Å². The molecule has 3 N–H and O–H groups in total. The van der Waals surface area contributed by atoms with Crippen LogP contribution in [0.15, 0.2) is 48.1 Å². The Morgan fingerprint density at radius 1 is 1.19 bits per heavy atom. The standard InChI is InChI=1S/C23H23N7OS/c1-23(2)18-16(20(29-28-18)27-19-14-8-9-32-21(14)25-12-24-19)11-30(23)22(31)26-17-10-15(17)13-6-4-3-5-7-13/h3-9,12,15,17H,10-11H2,1-2H3,(H,26,31)(H2,24,25,27,28,29)/t15-,17+/m0/s1. The normalized spacial score (nSPS) is 20.9. The summed E-state index contributed by atoms with van der Waals surface area (Å²) in [5.41, 5.74) is 2.72. The number of aromatic nitrogens is 4. The lowest BCUT2D eigenvalue weighted by Crippen LogP contribution is -2.47. The van der Waals surface area contributed by atoms with Crippen LogP contribution in [0.1, 0.15) is 43.0 Å². The second-order valence-corrected chi connectivity index (χ2v) is 9.76. The van der Waals surface area contributed by atoms with Crippen molar-refractivity contribution in [3.63, 3.8) is 0 Å². The maximum absolute atomic E-state index is 13.2. The molecule has 162 valence electrons. The minimum Gasteiger partial charge on any atom is -0.335 e. The Balaban J connectivity index is 1.20. The second-order valence-electron chi connectivity index (χ2n) is 8.87. The summed E-state index contributed by atoms with van der Waals surface area (Å²) < 4.78 is 0. The molecule has 32 heavy (non-hydrogen) atoms. The number of urea groups is 1. The van der Waals surface area contributed by atoms with E-state index in [-0.39, 0.29) is 12.1 Å². The van der Waals surface area contributed by atoms with E-state index in [0.29, 0.717) is 18.3 Å². The fourth-order valence-electron chi connectivity index (χ4n) is 4.61. The number of aromatic amines is 1. The fourth-order valence-corrected chi connectivity index (χ4v) is 5.34. The molecule has 2 aliphatic rings.